The Labute approximate surface area is 140 Å². The van der Waals surface area contributed by atoms with E-state index in [9.17, 15) is 20.3 Å². The molecule has 1 atom stereocenters. The molecule has 0 aromatic heterocycles. The Morgan fingerprint density at radius 2 is 2.09 bits per heavy atom. The van der Waals surface area contributed by atoms with E-state index in [1.165, 1.54) is 13.2 Å². The Balaban J connectivity index is 0.00000264. The number of aliphatic hydroxyl groups is 1. The highest BCUT2D eigenvalue weighted by atomic mass is 35.5. The fourth-order valence-corrected chi connectivity index (χ4v) is 2.78. The predicted octanol–water partition coefficient (Wildman–Crippen LogP) is 1.06. The second-order valence-corrected chi connectivity index (χ2v) is 5.16. The summed E-state index contributed by atoms with van der Waals surface area (Å²) in [6.07, 6.45) is 0.463. The smallest absolute Gasteiger partial charge is 0.314 e. The highest BCUT2D eigenvalue weighted by Crippen LogP contribution is 2.40. The second kappa shape index (κ2) is 8.88. The predicted molar refractivity (Wildman–Crippen MR) is 87.4 cm³/mol. The lowest BCUT2D eigenvalue weighted by Crippen LogP contribution is -2.45. The molecular formula is C14H22ClN3O5. The number of phenols is 1. The molecule has 23 heavy (non-hydrogen) atoms. The number of hydrogen-bond donors (Lipinski definition) is 3. The van der Waals surface area contributed by atoms with E-state index in [1.54, 1.807) is 6.07 Å². The Hall–Kier alpha value is -1.61. The molecule has 8 nitrogen and oxygen atoms in total. The molecular weight excluding hydrogens is 326 g/mol. The van der Waals surface area contributed by atoms with E-state index in [2.05, 4.69) is 10.2 Å². The van der Waals surface area contributed by atoms with Gasteiger partial charge in [-0.05, 0) is 18.1 Å². The molecule has 0 spiro atoms. The first kappa shape index (κ1) is 19.4. The highest BCUT2D eigenvalue weighted by molar-refractivity contribution is 5.85. The van der Waals surface area contributed by atoms with Gasteiger partial charge >= 0.3 is 5.69 Å². The summed E-state index contributed by atoms with van der Waals surface area (Å²) in [6, 6.07) is 2.81. The summed E-state index contributed by atoms with van der Waals surface area (Å²) in [7, 11) is 1.36. The Morgan fingerprint density at radius 1 is 1.43 bits per heavy atom. The third kappa shape index (κ3) is 4.44. The molecule has 3 N–H and O–H groups in total. The second-order valence-electron chi connectivity index (χ2n) is 5.16. The lowest BCUT2D eigenvalue weighted by molar-refractivity contribution is -0.386. The summed E-state index contributed by atoms with van der Waals surface area (Å²) < 4.78 is 5.04. The molecule has 0 bridgehead atoms. The molecule has 0 aliphatic carbocycles. The van der Waals surface area contributed by atoms with Crippen LogP contribution in [0.25, 0.3) is 0 Å². The number of nitrogens with one attached hydrogen (secondary N) is 1. The number of piperazine rings is 1. The molecule has 130 valence electrons. The summed E-state index contributed by atoms with van der Waals surface area (Å²) in [5.41, 5.74) is 0.282. The summed E-state index contributed by atoms with van der Waals surface area (Å²) in [4.78, 5) is 12.7. The lowest BCUT2D eigenvalue weighted by atomic mass is 10.00. The van der Waals surface area contributed by atoms with Crippen LogP contribution in [0.3, 0.4) is 0 Å². The van der Waals surface area contributed by atoms with Crippen LogP contribution in [0.4, 0.5) is 5.69 Å². The maximum Gasteiger partial charge on any atom is 0.314 e. The normalized spacial score (nSPS) is 16.4. The van der Waals surface area contributed by atoms with Gasteiger partial charge in [-0.2, -0.15) is 0 Å². The molecule has 2 rings (SSSR count). The van der Waals surface area contributed by atoms with Gasteiger partial charge in [0.05, 0.1) is 12.0 Å². The first-order valence-corrected chi connectivity index (χ1v) is 7.19. The third-order valence-electron chi connectivity index (χ3n) is 3.87. The number of rotatable bonds is 6. The van der Waals surface area contributed by atoms with Crippen molar-refractivity contribution in [3.63, 3.8) is 0 Å². The van der Waals surface area contributed by atoms with Gasteiger partial charge in [-0.1, -0.05) is 0 Å². The van der Waals surface area contributed by atoms with Crippen molar-refractivity contribution in [1.29, 1.82) is 0 Å². The van der Waals surface area contributed by atoms with Gasteiger partial charge in [0, 0.05) is 44.9 Å². The fourth-order valence-electron chi connectivity index (χ4n) is 2.78. The zero-order valence-electron chi connectivity index (χ0n) is 12.9. The summed E-state index contributed by atoms with van der Waals surface area (Å²) in [5.74, 6) is -0.401. The summed E-state index contributed by atoms with van der Waals surface area (Å²) in [5, 5.41) is 33.6. The minimum atomic E-state index is -0.630. The van der Waals surface area contributed by atoms with Crippen LogP contribution in [-0.2, 0) is 0 Å². The average Bonchev–Trinajstić information content (AvgIpc) is 2.53. The molecule has 1 aromatic rings. The fraction of sp³-hybridized carbons (Fsp3) is 0.571. The molecule has 1 aliphatic rings. The summed E-state index contributed by atoms with van der Waals surface area (Å²) in [6.45, 7) is 3.23. The molecule has 1 saturated heterocycles. The van der Waals surface area contributed by atoms with E-state index in [1.807, 2.05) is 0 Å². The van der Waals surface area contributed by atoms with Crippen LogP contribution < -0.4 is 10.1 Å². The molecule has 1 aromatic carbocycles. The van der Waals surface area contributed by atoms with Crippen LogP contribution in [0.2, 0.25) is 0 Å². The number of aliphatic hydroxyl groups excluding tert-OH is 1. The maximum absolute atomic E-state index is 11.1. The molecule has 0 amide bonds. The summed E-state index contributed by atoms with van der Waals surface area (Å²) >= 11 is 0. The van der Waals surface area contributed by atoms with E-state index < -0.39 is 10.7 Å². The molecule has 0 radical (unpaired) electrons. The Bertz CT molecular complexity index is 537. The van der Waals surface area contributed by atoms with E-state index in [4.69, 9.17) is 4.74 Å². The van der Waals surface area contributed by atoms with Crippen LogP contribution in [-0.4, -0.2) is 59.9 Å². The topological polar surface area (TPSA) is 108 Å². The van der Waals surface area contributed by atoms with E-state index in [0.717, 1.165) is 26.2 Å². The van der Waals surface area contributed by atoms with E-state index >= 15 is 0 Å². The number of methoxy groups -OCH3 is 1. The number of nitro benzene ring substituents is 1. The quantitative estimate of drug-likeness (QED) is 0.521. The van der Waals surface area contributed by atoms with Crippen molar-refractivity contribution in [2.45, 2.75) is 12.5 Å². The van der Waals surface area contributed by atoms with E-state index in [-0.39, 0.29) is 36.5 Å². The monoisotopic (exact) mass is 347 g/mol. The lowest BCUT2D eigenvalue weighted by Gasteiger charge is -2.35. The van der Waals surface area contributed by atoms with Crippen LogP contribution in [0.5, 0.6) is 11.5 Å². The number of ether oxygens (including phenoxy) is 1. The first-order valence-electron chi connectivity index (χ1n) is 7.19. The first-order chi connectivity index (χ1) is 10.6. The molecule has 1 heterocycles. The van der Waals surface area contributed by atoms with E-state index in [0.29, 0.717) is 12.0 Å². The number of benzene rings is 1. The minimum Gasteiger partial charge on any atom is -0.500 e. The van der Waals surface area contributed by atoms with Crippen molar-refractivity contribution >= 4 is 18.1 Å². The van der Waals surface area contributed by atoms with Gasteiger partial charge in [0.1, 0.15) is 0 Å². The standard InChI is InChI=1S/C14H21N3O5.ClH/c1-22-13-9-10(8-12(14(13)19)17(20)21)11(2-7-18)16-5-3-15-4-6-16;/h8-9,11,15,18-19H,2-7H2,1H3;1H/t11-;/m1./s1. The number of nitro groups is 1. The number of aromatic hydroxyl groups is 1. The van der Waals surface area contributed by atoms with Gasteiger partial charge < -0.3 is 20.3 Å². The number of hydrogen-bond acceptors (Lipinski definition) is 7. The third-order valence-corrected chi connectivity index (χ3v) is 3.87. The van der Waals surface area contributed by atoms with Crippen molar-refractivity contribution in [2.24, 2.45) is 0 Å². The minimum absolute atomic E-state index is 0. The van der Waals surface area contributed by atoms with Gasteiger partial charge in [-0.15, -0.1) is 12.4 Å². The van der Waals surface area contributed by atoms with Crippen molar-refractivity contribution in [1.82, 2.24) is 10.2 Å². The van der Waals surface area contributed by atoms with Crippen molar-refractivity contribution < 1.29 is 19.9 Å². The maximum atomic E-state index is 11.1. The van der Waals surface area contributed by atoms with Gasteiger partial charge in [0.2, 0.25) is 5.75 Å². The number of halogens is 1. The number of nitrogens with zero attached hydrogens (tertiary/aromatic N) is 2. The van der Waals surface area contributed by atoms with Crippen LogP contribution in [0.1, 0.15) is 18.0 Å². The molecule has 1 aliphatic heterocycles. The van der Waals surface area contributed by atoms with Gasteiger partial charge in [0.15, 0.2) is 5.75 Å². The van der Waals surface area contributed by atoms with Gasteiger partial charge in [0.25, 0.3) is 0 Å². The molecule has 0 saturated carbocycles. The largest absolute Gasteiger partial charge is 0.500 e. The van der Waals surface area contributed by atoms with Crippen LogP contribution >= 0.6 is 12.4 Å². The zero-order valence-corrected chi connectivity index (χ0v) is 13.7. The van der Waals surface area contributed by atoms with Crippen molar-refractivity contribution in [3.05, 3.63) is 27.8 Å². The van der Waals surface area contributed by atoms with Gasteiger partial charge in [-0.25, -0.2) is 0 Å². The SMILES string of the molecule is COc1cc([C@@H](CCO)N2CCNCC2)cc([N+](=O)[O-])c1O.Cl. The van der Waals surface area contributed by atoms with Crippen LogP contribution in [0.15, 0.2) is 12.1 Å². The Morgan fingerprint density at radius 3 is 2.61 bits per heavy atom. The van der Waals surface area contributed by atoms with Gasteiger partial charge in [-0.3, -0.25) is 15.0 Å². The average molecular weight is 348 g/mol. The highest BCUT2D eigenvalue weighted by Gasteiger charge is 2.27. The van der Waals surface area contributed by atoms with Crippen molar-refractivity contribution in [3.8, 4) is 11.5 Å². The van der Waals surface area contributed by atoms with Crippen molar-refractivity contribution in [2.75, 3.05) is 39.9 Å². The zero-order chi connectivity index (χ0) is 16.1. The van der Waals surface area contributed by atoms with Crippen LogP contribution in [0, 0.1) is 10.1 Å². The molecule has 9 heteroatoms. The molecule has 1 fully saturated rings. The Kier molecular flexibility index (Phi) is 7.50. The molecule has 0 unspecified atom stereocenters. The number of phenolic OH excluding ortho intramolecular Hbond substituents is 1.